The highest BCUT2D eigenvalue weighted by atomic mass is 32.2. The molecule has 0 unspecified atom stereocenters. The van der Waals surface area contributed by atoms with Crippen LogP contribution in [0.2, 0.25) is 0 Å². The Balaban J connectivity index is 1.78. The Kier molecular flexibility index (Phi) is 6.45. The molecular weight excluding hydrogens is 300 g/mol. The summed E-state index contributed by atoms with van der Waals surface area (Å²) in [6.07, 6.45) is 4.66. The Morgan fingerprint density at radius 2 is 2.05 bits per heavy atom. The fourth-order valence-electron chi connectivity index (χ4n) is 1.84. The van der Waals surface area contributed by atoms with Crippen LogP contribution in [-0.2, 0) is 0 Å². The van der Waals surface area contributed by atoms with Gasteiger partial charge >= 0.3 is 0 Å². The van der Waals surface area contributed by atoms with Crippen LogP contribution >= 0.6 is 23.5 Å². The highest BCUT2D eigenvalue weighted by molar-refractivity contribution is 8.38. The Bertz CT molecular complexity index is 665. The standard InChI is InChI=1S/C16H16N2OS2/c1-20-16(18-12-17)21-10-4-9-19-15-8-7-13-5-2-3-6-14(13)11-15/h2-3,5-8,11H,4,9-10H2,1H3. The Labute approximate surface area is 133 Å². The second-order valence-electron chi connectivity index (χ2n) is 4.24. The summed E-state index contributed by atoms with van der Waals surface area (Å²) in [6, 6.07) is 14.4. The number of nitrogens with zero attached hydrogens (tertiary/aromatic N) is 2. The molecule has 0 saturated heterocycles. The van der Waals surface area contributed by atoms with E-state index < -0.39 is 0 Å². The van der Waals surface area contributed by atoms with Gasteiger partial charge in [0, 0.05) is 5.75 Å². The lowest BCUT2D eigenvalue weighted by Crippen LogP contribution is -1.99. The molecule has 0 aliphatic rings. The van der Waals surface area contributed by atoms with Crippen LogP contribution in [0.3, 0.4) is 0 Å². The molecule has 0 radical (unpaired) electrons. The predicted octanol–water partition coefficient (Wildman–Crippen LogP) is 4.54. The molecular formula is C16H16N2OS2. The summed E-state index contributed by atoms with van der Waals surface area (Å²) < 4.78 is 6.57. The average Bonchev–Trinajstić information content (AvgIpc) is 2.53. The van der Waals surface area contributed by atoms with Gasteiger partial charge in [0.05, 0.1) is 6.61 Å². The summed E-state index contributed by atoms with van der Waals surface area (Å²) in [4.78, 5) is 3.74. The zero-order valence-electron chi connectivity index (χ0n) is 11.8. The molecule has 0 fully saturated rings. The molecule has 0 aliphatic carbocycles. The van der Waals surface area contributed by atoms with Crippen LogP contribution in [0.4, 0.5) is 0 Å². The molecule has 0 heterocycles. The normalized spacial score (nSPS) is 11.3. The van der Waals surface area contributed by atoms with Crippen molar-refractivity contribution in [2.45, 2.75) is 6.42 Å². The summed E-state index contributed by atoms with van der Waals surface area (Å²) >= 11 is 3.09. The van der Waals surface area contributed by atoms with Gasteiger partial charge in [-0.25, -0.2) is 0 Å². The number of ether oxygens (including phenoxy) is 1. The van der Waals surface area contributed by atoms with Gasteiger partial charge in [-0.1, -0.05) is 42.1 Å². The summed E-state index contributed by atoms with van der Waals surface area (Å²) in [5.41, 5.74) is 0. The van der Waals surface area contributed by atoms with E-state index in [0.29, 0.717) is 6.61 Å². The molecule has 0 N–H and O–H groups in total. The molecule has 0 spiro atoms. The summed E-state index contributed by atoms with van der Waals surface area (Å²) in [6.45, 7) is 0.666. The number of benzene rings is 2. The lowest BCUT2D eigenvalue weighted by atomic mass is 10.1. The zero-order valence-corrected chi connectivity index (χ0v) is 13.4. The molecule has 3 nitrogen and oxygen atoms in total. The van der Waals surface area contributed by atoms with Crippen LogP contribution < -0.4 is 4.74 Å². The number of hydrogen-bond acceptors (Lipinski definition) is 5. The molecule has 0 aromatic heterocycles. The van der Waals surface area contributed by atoms with Crippen molar-refractivity contribution in [2.75, 3.05) is 18.6 Å². The van der Waals surface area contributed by atoms with E-state index in [1.165, 1.54) is 22.5 Å². The van der Waals surface area contributed by atoms with Gasteiger partial charge in [0.1, 0.15) is 10.1 Å². The molecule has 0 saturated carbocycles. The summed E-state index contributed by atoms with van der Waals surface area (Å²) in [5.74, 6) is 1.80. The van der Waals surface area contributed by atoms with Crippen molar-refractivity contribution in [1.82, 2.24) is 0 Å². The second-order valence-corrected chi connectivity index (χ2v) is 6.38. The molecule has 2 rings (SSSR count). The van der Waals surface area contributed by atoms with Gasteiger partial charge in [-0.05, 0) is 35.6 Å². The highest BCUT2D eigenvalue weighted by Crippen LogP contribution is 2.21. The minimum atomic E-state index is 0.666. The van der Waals surface area contributed by atoms with Gasteiger partial charge in [0.2, 0.25) is 6.19 Å². The third-order valence-electron chi connectivity index (χ3n) is 2.82. The Morgan fingerprint density at radius 1 is 1.24 bits per heavy atom. The molecule has 2 aromatic rings. The van der Waals surface area contributed by atoms with Gasteiger partial charge in [-0.2, -0.15) is 10.3 Å². The van der Waals surface area contributed by atoms with E-state index in [4.69, 9.17) is 10.00 Å². The quantitative estimate of drug-likeness (QED) is 0.351. The average molecular weight is 316 g/mol. The van der Waals surface area contributed by atoms with Crippen molar-refractivity contribution in [3.63, 3.8) is 0 Å². The maximum Gasteiger partial charge on any atom is 0.207 e. The van der Waals surface area contributed by atoms with Crippen LogP contribution in [0.1, 0.15) is 6.42 Å². The second kappa shape index (κ2) is 8.60. The topological polar surface area (TPSA) is 45.4 Å². The van der Waals surface area contributed by atoms with Crippen LogP contribution in [-0.4, -0.2) is 23.0 Å². The number of thioether (sulfide) groups is 2. The summed E-state index contributed by atoms with van der Waals surface area (Å²) in [7, 11) is 0. The van der Waals surface area contributed by atoms with Crippen molar-refractivity contribution in [2.24, 2.45) is 4.99 Å². The van der Waals surface area contributed by atoms with E-state index in [2.05, 4.69) is 29.3 Å². The minimum absolute atomic E-state index is 0.666. The van der Waals surface area contributed by atoms with Crippen molar-refractivity contribution in [1.29, 1.82) is 5.26 Å². The smallest absolute Gasteiger partial charge is 0.207 e. The first-order valence-electron chi connectivity index (χ1n) is 6.58. The zero-order chi connectivity index (χ0) is 14.9. The third kappa shape index (κ3) is 5.00. The SMILES string of the molecule is CSC(=NC#N)SCCCOc1ccc2ccccc2c1. The number of nitriles is 1. The molecule has 2 aromatic carbocycles. The first-order valence-corrected chi connectivity index (χ1v) is 8.79. The molecule has 0 bridgehead atoms. The van der Waals surface area contributed by atoms with Crippen LogP contribution in [0, 0.1) is 11.5 Å². The maximum atomic E-state index is 8.52. The molecule has 0 atom stereocenters. The van der Waals surface area contributed by atoms with Crippen LogP contribution in [0.25, 0.3) is 10.8 Å². The summed E-state index contributed by atoms with van der Waals surface area (Å²) in [5, 5.41) is 10.9. The first-order chi connectivity index (χ1) is 10.3. The van der Waals surface area contributed by atoms with E-state index in [-0.39, 0.29) is 0 Å². The van der Waals surface area contributed by atoms with E-state index in [1.807, 2.05) is 30.6 Å². The van der Waals surface area contributed by atoms with E-state index in [9.17, 15) is 0 Å². The van der Waals surface area contributed by atoms with Crippen molar-refractivity contribution in [3.8, 4) is 11.9 Å². The Morgan fingerprint density at radius 3 is 2.81 bits per heavy atom. The molecule has 5 heteroatoms. The van der Waals surface area contributed by atoms with Crippen LogP contribution in [0.15, 0.2) is 47.5 Å². The van der Waals surface area contributed by atoms with Crippen molar-refractivity contribution < 1.29 is 4.74 Å². The lowest BCUT2D eigenvalue weighted by Gasteiger charge is -2.07. The third-order valence-corrected chi connectivity index (χ3v) is 4.94. The predicted molar refractivity (Wildman–Crippen MR) is 93.1 cm³/mol. The van der Waals surface area contributed by atoms with E-state index >= 15 is 0 Å². The minimum Gasteiger partial charge on any atom is -0.494 e. The highest BCUT2D eigenvalue weighted by Gasteiger charge is 2.00. The van der Waals surface area contributed by atoms with Gasteiger partial charge < -0.3 is 4.74 Å². The largest absolute Gasteiger partial charge is 0.494 e. The Hall–Kier alpha value is -1.64. The number of fused-ring (bicyclic) bond motifs is 1. The van der Waals surface area contributed by atoms with Crippen molar-refractivity contribution >= 4 is 38.7 Å². The van der Waals surface area contributed by atoms with E-state index in [0.717, 1.165) is 22.3 Å². The van der Waals surface area contributed by atoms with Gasteiger partial charge in [0.15, 0.2) is 0 Å². The molecule has 108 valence electrons. The fourth-order valence-corrected chi connectivity index (χ4v) is 3.24. The lowest BCUT2D eigenvalue weighted by molar-refractivity contribution is 0.319. The van der Waals surface area contributed by atoms with Gasteiger partial charge in [0.25, 0.3) is 0 Å². The molecule has 0 amide bonds. The van der Waals surface area contributed by atoms with E-state index in [1.54, 1.807) is 11.8 Å². The first kappa shape index (κ1) is 15.7. The maximum absolute atomic E-state index is 8.52. The monoisotopic (exact) mass is 316 g/mol. The van der Waals surface area contributed by atoms with Crippen LogP contribution in [0.5, 0.6) is 5.75 Å². The van der Waals surface area contributed by atoms with Gasteiger partial charge in [-0.3, -0.25) is 0 Å². The fraction of sp³-hybridized carbons (Fsp3) is 0.250. The number of hydrogen-bond donors (Lipinski definition) is 0. The number of aliphatic imine (C=N–C) groups is 1. The van der Waals surface area contributed by atoms with Gasteiger partial charge in [-0.15, -0.1) is 11.8 Å². The van der Waals surface area contributed by atoms with Crippen molar-refractivity contribution in [3.05, 3.63) is 42.5 Å². The molecule has 21 heavy (non-hydrogen) atoms. The molecule has 0 aliphatic heterocycles. The number of rotatable bonds is 5.